The minimum Gasteiger partial charge on any atom is -0.473 e. The first-order chi connectivity index (χ1) is 16.5. The number of aryl methyl sites for hydroxylation is 1. The molecule has 2 aromatic heterocycles. The van der Waals surface area contributed by atoms with Gasteiger partial charge in [-0.2, -0.15) is 5.21 Å². The summed E-state index contributed by atoms with van der Waals surface area (Å²) >= 11 is 0. The van der Waals surface area contributed by atoms with Gasteiger partial charge in [-0.15, -0.1) is 10.2 Å². The molecule has 0 saturated heterocycles. The highest BCUT2D eigenvalue weighted by Gasteiger charge is 2.48. The van der Waals surface area contributed by atoms with Crippen LogP contribution in [0.4, 0.5) is 5.69 Å². The molecule has 34 heavy (non-hydrogen) atoms. The van der Waals surface area contributed by atoms with Crippen LogP contribution in [0.15, 0.2) is 60.8 Å². The normalized spacial score (nSPS) is 17.4. The topological polar surface area (TPSA) is 143 Å². The third kappa shape index (κ3) is 4.26. The number of anilines is 1. The zero-order valence-electron chi connectivity index (χ0n) is 18.1. The molecule has 10 heteroatoms. The Kier molecular flexibility index (Phi) is 5.56. The molecule has 5 rings (SSSR count). The predicted octanol–water partition coefficient (Wildman–Crippen LogP) is 2.11. The van der Waals surface area contributed by atoms with Crippen molar-refractivity contribution in [2.75, 3.05) is 5.32 Å². The maximum absolute atomic E-state index is 11.8. The second kappa shape index (κ2) is 8.83. The number of H-pyrrole nitrogens is 1. The summed E-state index contributed by atoms with van der Waals surface area (Å²) in [7, 11) is 0. The number of hydrogen-bond donors (Lipinski definition) is 3. The van der Waals surface area contributed by atoms with Gasteiger partial charge in [-0.1, -0.05) is 29.8 Å². The molecule has 2 aromatic carbocycles. The quantitative estimate of drug-likeness (QED) is 0.356. The zero-order chi connectivity index (χ0) is 23.7. The van der Waals surface area contributed by atoms with Crippen LogP contribution in [0.5, 0.6) is 5.88 Å². The third-order valence-electron chi connectivity index (χ3n) is 5.55. The van der Waals surface area contributed by atoms with Gasteiger partial charge >= 0.3 is 0 Å². The summed E-state index contributed by atoms with van der Waals surface area (Å²) in [5, 5.41) is 26.8. The first-order valence-electron chi connectivity index (χ1n) is 10.5. The van der Waals surface area contributed by atoms with Crippen LogP contribution in [0.2, 0.25) is 0 Å². The Hall–Kier alpha value is -4.44. The smallest absolute Gasteiger partial charge is 0.231 e. The summed E-state index contributed by atoms with van der Waals surface area (Å²) in [5.74, 6) is -0.612. The summed E-state index contributed by atoms with van der Waals surface area (Å²) in [5.41, 5.74) is 4.92. The SMILES string of the molecule is Cc1ccc(COc2ccc(-c3cc(NC4C(=O)C(=O)C4O)cc(-c4nn[nH]n4)c3)cn2)cc1. The van der Waals surface area contributed by atoms with Crippen LogP contribution in [-0.4, -0.2) is 54.4 Å². The molecule has 0 bridgehead atoms. The monoisotopic (exact) mass is 456 g/mol. The van der Waals surface area contributed by atoms with Gasteiger partial charge in [0.2, 0.25) is 23.3 Å². The highest BCUT2D eigenvalue weighted by Crippen LogP contribution is 2.30. The molecule has 1 aliphatic rings. The molecule has 1 aliphatic carbocycles. The Morgan fingerprint density at radius 1 is 1.00 bits per heavy atom. The second-order valence-corrected chi connectivity index (χ2v) is 7.99. The Morgan fingerprint density at radius 2 is 1.79 bits per heavy atom. The van der Waals surface area contributed by atoms with Gasteiger partial charge < -0.3 is 15.2 Å². The largest absolute Gasteiger partial charge is 0.473 e. The van der Waals surface area contributed by atoms with Crippen LogP contribution < -0.4 is 10.1 Å². The van der Waals surface area contributed by atoms with Gasteiger partial charge in [-0.3, -0.25) is 9.59 Å². The molecule has 2 heterocycles. The van der Waals surface area contributed by atoms with Crippen molar-refractivity contribution in [1.82, 2.24) is 25.6 Å². The molecule has 4 aromatic rings. The van der Waals surface area contributed by atoms with E-state index in [1.165, 1.54) is 5.56 Å². The number of hydrogen-bond acceptors (Lipinski definition) is 9. The number of pyridine rings is 1. The first-order valence-corrected chi connectivity index (χ1v) is 10.5. The maximum atomic E-state index is 11.8. The maximum Gasteiger partial charge on any atom is 0.231 e. The van der Waals surface area contributed by atoms with Gasteiger partial charge in [0.1, 0.15) is 18.8 Å². The molecule has 0 radical (unpaired) electrons. The molecule has 3 N–H and O–H groups in total. The van der Waals surface area contributed by atoms with Gasteiger partial charge in [-0.05, 0) is 47.5 Å². The number of nitrogens with zero attached hydrogens (tertiary/aromatic N) is 4. The number of aromatic amines is 1. The number of aliphatic hydroxyl groups excluding tert-OH is 1. The fourth-order valence-electron chi connectivity index (χ4n) is 3.59. The van der Waals surface area contributed by atoms with Gasteiger partial charge in [-0.25, -0.2) is 4.98 Å². The van der Waals surface area contributed by atoms with Crippen molar-refractivity contribution in [3.8, 4) is 28.4 Å². The lowest BCUT2D eigenvalue weighted by molar-refractivity contribution is -0.152. The molecule has 2 atom stereocenters. The molecule has 1 saturated carbocycles. The second-order valence-electron chi connectivity index (χ2n) is 7.99. The lowest BCUT2D eigenvalue weighted by Crippen LogP contribution is -2.61. The van der Waals surface area contributed by atoms with Crippen LogP contribution in [0.1, 0.15) is 11.1 Å². The summed E-state index contributed by atoms with van der Waals surface area (Å²) < 4.78 is 5.78. The van der Waals surface area contributed by atoms with E-state index in [1.807, 2.05) is 43.3 Å². The highest BCUT2D eigenvalue weighted by atomic mass is 16.5. The van der Waals surface area contributed by atoms with E-state index in [0.29, 0.717) is 29.6 Å². The number of aliphatic hydroxyl groups is 1. The number of ketones is 2. The fraction of sp³-hybridized carbons (Fsp3) is 0.167. The first kappa shape index (κ1) is 21.4. The number of rotatable bonds is 7. The van der Waals surface area contributed by atoms with Crippen molar-refractivity contribution in [3.05, 3.63) is 71.9 Å². The highest BCUT2D eigenvalue weighted by molar-refractivity contribution is 6.49. The van der Waals surface area contributed by atoms with E-state index in [2.05, 4.69) is 30.9 Å². The number of benzene rings is 2. The molecule has 0 amide bonds. The number of tetrazole rings is 1. The van der Waals surface area contributed by atoms with Crippen molar-refractivity contribution >= 4 is 17.3 Å². The van der Waals surface area contributed by atoms with Gasteiger partial charge in [0.25, 0.3) is 0 Å². The Bertz CT molecular complexity index is 1340. The minimum absolute atomic E-state index is 0.354. The van der Waals surface area contributed by atoms with Crippen molar-refractivity contribution in [1.29, 1.82) is 0 Å². The molecule has 170 valence electrons. The summed E-state index contributed by atoms with van der Waals surface area (Å²) in [6.45, 7) is 2.44. The fourth-order valence-corrected chi connectivity index (χ4v) is 3.59. The van der Waals surface area contributed by atoms with E-state index in [0.717, 1.165) is 16.7 Å². The zero-order valence-corrected chi connectivity index (χ0v) is 18.1. The number of Topliss-reactive ketones (excluding diaryl/α,β-unsaturated/α-hetero) is 2. The van der Waals surface area contributed by atoms with E-state index < -0.39 is 23.7 Å². The number of carbonyl (C=O) groups is 2. The minimum atomic E-state index is -1.36. The Morgan fingerprint density at radius 3 is 2.47 bits per heavy atom. The Labute approximate surface area is 194 Å². The predicted molar refractivity (Wildman–Crippen MR) is 122 cm³/mol. The average molecular weight is 456 g/mol. The lowest BCUT2D eigenvalue weighted by Gasteiger charge is -2.30. The number of nitrogens with one attached hydrogen (secondary N) is 2. The molecule has 2 unspecified atom stereocenters. The van der Waals surface area contributed by atoms with E-state index in [-0.39, 0.29) is 0 Å². The van der Waals surface area contributed by atoms with Gasteiger partial charge in [0, 0.05) is 29.1 Å². The molecule has 0 spiro atoms. The molecular weight excluding hydrogens is 436 g/mol. The Balaban J connectivity index is 1.38. The van der Waals surface area contributed by atoms with Gasteiger partial charge in [0.15, 0.2) is 0 Å². The van der Waals surface area contributed by atoms with Crippen LogP contribution in [0.25, 0.3) is 22.5 Å². The van der Waals surface area contributed by atoms with E-state index in [4.69, 9.17) is 4.74 Å². The standard InChI is InChI=1S/C24H20N6O4/c1-13-2-4-14(5-3-13)12-34-19-7-6-15(11-25-19)16-8-17(24-27-29-30-28-24)10-18(9-16)26-20-21(31)23(33)22(20)32/h2-11,20-21,26,31H,12H2,1H3,(H,27,28,29,30). The number of aromatic nitrogens is 5. The number of carbonyl (C=O) groups excluding carboxylic acids is 2. The lowest BCUT2D eigenvalue weighted by atomic mass is 9.85. The van der Waals surface area contributed by atoms with Crippen LogP contribution >= 0.6 is 0 Å². The van der Waals surface area contributed by atoms with Crippen molar-refractivity contribution < 1.29 is 19.4 Å². The number of ether oxygens (including phenoxy) is 1. The van der Waals surface area contributed by atoms with E-state index in [1.54, 1.807) is 24.4 Å². The summed E-state index contributed by atoms with van der Waals surface area (Å²) in [6.07, 6.45) is 0.313. The van der Waals surface area contributed by atoms with E-state index in [9.17, 15) is 14.7 Å². The summed E-state index contributed by atoms with van der Waals surface area (Å²) in [4.78, 5) is 27.6. The van der Waals surface area contributed by atoms with Crippen molar-refractivity contribution in [2.24, 2.45) is 0 Å². The van der Waals surface area contributed by atoms with Crippen molar-refractivity contribution in [3.63, 3.8) is 0 Å². The molecule has 10 nitrogen and oxygen atoms in total. The van der Waals surface area contributed by atoms with Crippen LogP contribution in [0.3, 0.4) is 0 Å². The third-order valence-corrected chi connectivity index (χ3v) is 5.55. The molecule has 1 fully saturated rings. The van der Waals surface area contributed by atoms with Crippen LogP contribution in [-0.2, 0) is 16.2 Å². The molecule has 0 aliphatic heterocycles. The van der Waals surface area contributed by atoms with E-state index >= 15 is 0 Å². The van der Waals surface area contributed by atoms with Crippen LogP contribution in [0, 0.1) is 6.92 Å². The van der Waals surface area contributed by atoms with Crippen molar-refractivity contribution in [2.45, 2.75) is 25.7 Å². The molecular formula is C24H20N6O4. The van der Waals surface area contributed by atoms with Gasteiger partial charge in [0.05, 0.1) is 0 Å². The summed E-state index contributed by atoms with van der Waals surface area (Å²) in [6, 6.07) is 16.1. The average Bonchev–Trinajstić information content (AvgIpc) is 3.42.